The van der Waals surface area contributed by atoms with E-state index in [2.05, 4.69) is 37.0 Å². The molecule has 0 aromatic carbocycles. The fraction of sp³-hybridized carbons (Fsp3) is 0.571. The van der Waals surface area contributed by atoms with Crippen molar-refractivity contribution in [1.82, 2.24) is 24.7 Å². The summed E-state index contributed by atoms with van der Waals surface area (Å²) in [4.78, 5) is 8.56. The summed E-state index contributed by atoms with van der Waals surface area (Å²) in [6, 6.07) is 1.97. The van der Waals surface area contributed by atoms with Gasteiger partial charge in [-0.2, -0.15) is 0 Å². The molecule has 0 bridgehead atoms. The van der Waals surface area contributed by atoms with E-state index in [0.29, 0.717) is 0 Å². The van der Waals surface area contributed by atoms with Crippen LogP contribution in [-0.2, 0) is 13.0 Å². The Hall–Kier alpha value is -1.63. The number of nitrogens with zero attached hydrogens (tertiary/aromatic N) is 5. The number of hydrogen-bond donors (Lipinski definition) is 1. The smallest absolute Gasteiger partial charge is 0.197 e. The van der Waals surface area contributed by atoms with E-state index in [0.717, 1.165) is 47.8 Å². The van der Waals surface area contributed by atoms with E-state index in [1.165, 1.54) is 19.3 Å². The van der Waals surface area contributed by atoms with Gasteiger partial charge in [0, 0.05) is 25.6 Å². The lowest BCUT2D eigenvalue weighted by Crippen LogP contribution is -2.03. The van der Waals surface area contributed by atoms with Crippen LogP contribution in [0.1, 0.15) is 38.4 Å². The lowest BCUT2D eigenvalue weighted by molar-refractivity contribution is 0.590. The van der Waals surface area contributed by atoms with Crippen LogP contribution < -0.4 is 5.32 Å². The maximum atomic E-state index is 4.33. The maximum Gasteiger partial charge on any atom is 0.197 e. The Labute approximate surface area is 128 Å². The van der Waals surface area contributed by atoms with Crippen LogP contribution in [0.2, 0.25) is 0 Å². The van der Waals surface area contributed by atoms with E-state index < -0.39 is 0 Å². The lowest BCUT2D eigenvalue weighted by atomic mass is 10.2. The molecule has 0 radical (unpaired) electrons. The molecule has 0 aliphatic carbocycles. The van der Waals surface area contributed by atoms with Crippen LogP contribution in [0, 0.1) is 0 Å². The molecule has 0 saturated heterocycles. The van der Waals surface area contributed by atoms with Gasteiger partial charge in [0.2, 0.25) is 0 Å². The molecule has 0 fully saturated rings. The van der Waals surface area contributed by atoms with Crippen LogP contribution in [0.3, 0.4) is 0 Å². The standard InChI is InChI=1S/C14H20N6S/c1-2-7-15-11-9-13(17-10-16-11)21-14-19-18-12-6-4-3-5-8-20(12)14/h9-10H,2-8H2,1H3,(H,15,16,17). The zero-order valence-corrected chi connectivity index (χ0v) is 13.1. The molecule has 0 amide bonds. The minimum atomic E-state index is 0.866. The second-order valence-electron chi connectivity index (χ2n) is 5.13. The molecule has 1 N–H and O–H groups in total. The van der Waals surface area contributed by atoms with Gasteiger partial charge in [0.05, 0.1) is 0 Å². The van der Waals surface area contributed by atoms with E-state index in [1.807, 2.05) is 6.07 Å². The first-order chi connectivity index (χ1) is 10.4. The molecule has 2 aromatic heterocycles. The van der Waals surface area contributed by atoms with Crippen molar-refractivity contribution in [2.45, 2.75) is 55.8 Å². The Kier molecular flexibility index (Phi) is 4.69. The highest BCUT2D eigenvalue weighted by Crippen LogP contribution is 2.27. The average Bonchev–Trinajstić information content (AvgIpc) is 2.74. The van der Waals surface area contributed by atoms with Gasteiger partial charge >= 0.3 is 0 Å². The van der Waals surface area contributed by atoms with Crippen molar-refractivity contribution in [2.75, 3.05) is 11.9 Å². The van der Waals surface area contributed by atoms with Crippen molar-refractivity contribution in [3.63, 3.8) is 0 Å². The first-order valence-electron chi connectivity index (χ1n) is 7.52. The van der Waals surface area contributed by atoms with Crippen LogP contribution in [0.15, 0.2) is 22.6 Å². The fourth-order valence-corrected chi connectivity index (χ4v) is 3.22. The number of aromatic nitrogens is 5. The summed E-state index contributed by atoms with van der Waals surface area (Å²) in [6.07, 6.45) is 7.38. The number of rotatable bonds is 5. The predicted octanol–water partition coefficient (Wildman–Crippen LogP) is 2.77. The molecule has 0 unspecified atom stereocenters. The van der Waals surface area contributed by atoms with Crippen molar-refractivity contribution in [3.05, 3.63) is 18.2 Å². The van der Waals surface area contributed by atoms with E-state index >= 15 is 0 Å². The van der Waals surface area contributed by atoms with Crippen molar-refractivity contribution >= 4 is 17.6 Å². The third kappa shape index (κ3) is 3.53. The number of hydrogen-bond acceptors (Lipinski definition) is 6. The highest BCUT2D eigenvalue weighted by molar-refractivity contribution is 7.99. The average molecular weight is 304 g/mol. The summed E-state index contributed by atoms with van der Waals surface area (Å²) < 4.78 is 2.24. The molecule has 1 aliphatic rings. The number of nitrogens with one attached hydrogen (secondary N) is 1. The zero-order chi connectivity index (χ0) is 14.5. The van der Waals surface area contributed by atoms with Gasteiger partial charge < -0.3 is 9.88 Å². The number of anilines is 1. The largest absolute Gasteiger partial charge is 0.370 e. The van der Waals surface area contributed by atoms with E-state index in [4.69, 9.17) is 0 Å². The third-order valence-corrected chi connectivity index (χ3v) is 4.39. The van der Waals surface area contributed by atoms with Gasteiger partial charge in [-0.1, -0.05) is 13.3 Å². The molecule has 0 atom stereocenters. The van der Waals surface area contributed by atoms with E-state index in [1.54, 1.807) is 18.1 Å². The van der Waals surface area contributed by atoms with Crippen molar-refractivity contribution in [2.24, 2.45) is 0 Å². The van der Waals surface area contributed by atoms with Crippen LogP contribution in [0.25, 0.3) is 0 Å². The van der Waals surface area contributed by atoms with Crippen LogP contribution in [-0.4, -0.2) is 31.3 Å². The fourth-order valence-electron chi connectivity index (χ4n) is 2.37. The Balaban J connectivity index is 1.76. The first kappa shape index (κ1) is 14.3. The molecule has 3 heterocycles. The quantitative estimate of drug-likeness (QED) is 0.857. The second-order valence-corrected chi connectivity index (χ2v) is 6.12. The molecule has 21 heavy (non-hydrogen) atoms. The SMILES string of the molecule is CCCNc1cc(Sc2nnc3n2CCCCC3)ncn1. The molecule has 0 spiro atoms. The second kappa shape index (κ2) is 6.89. The van der Waals surface area contributed by atoms with Crippen molar-refractivity contribution in [3.8, 4) is 0 Å². The summed E-state index contributed by atoms with van der Waals surface area (Å²) in [5, 5.41) is 13.8. The van der Waals surface area contributed by atoms with Gasteiger partial charge in [-0.3, -0.25) is 0 Å². The Bertz CT molecular complexity index is 597. The number of aryl methyl sites for hydroxylation is 1. The van der Waals surface area contributed by atoms with Crippen LogP contribution in [0.5, 0.6) is 0 Å². The summed E-state index contributed by atoms with van der Waals surface area (Å²) >= 11 is 1.56. The Morgan fingerprint density at radius 2 is 2.19 bits per heavy atom. The maximum absolute atomic E-state index is 4.33. The highest BCUT2D eigenvalue weighted by Gasteiger charge is 2.16. The van der Waals surface area contributed by atoms with Gasteiger partial charge in [0.15, 0.2) is 5.16 Å². The zero-order valence-electron chi connectivity index (χ0n) is 12.2. The van der Waals surface area contributed by atoms with E-state index in [-0.39, 0.29) is 0 Å². The van der Waals surface area contributed by atoms with Gasteiger partial charge in [0.25, 0.3) is 0 Å². The minimum absolute atomic E-state index is 0.866. The monoisotopic (exact) mass is 304 g/mol. The molecular weight excluding hydrogens is 284 g/mol. The Morgan fingerprint density at radius 3 is 3.10 bits per heavy atom. The Morgan fingerprint density at radius 1 is 1.24 bits per heavy atom. The van der Waals surface area contributed by atoms with Gasteiger partial charge in [0.1, 0.15) is 23.0 Å². The van der Waals surface area contributed by atoms with Gasteiger partial charge in [-0.25, -0.2) is 9.97 Å². The van der Waals surface area contributed by atoms with Crippen LogP contribution in [0.4, 0.5) is 5.82 Å². The molecule has 3 rings (SSSR count). The summed E-state index contributed by atoms with van der Waals surface area (Å²) in [5.41, 5.74) is 0. The van der Waals surface area contributed by atoms with Crippen molar-refractivity contribution in [1.29, 1.82) is 0 Å². The third-order valence-electron chi connectivity index (χ3n) is 3.47. The van der Waals surface area contributed by atoms with E-state index in [9.17, 15) is 0 Å². The highest BCUT2D eigenvalue weighted by atomic mass is 32.2. The first-order valence-corrected chi connectivity index (χ1v) is 8.34. The molecule has 2 aromatic rings. The molecular formula is C14H20N6S. The summed E-state index contributed by atoms with van der Waals surface area (Å²) in [6.45, 7) is 4.06. The topological polar surface area (TPSA) is 68.5 Å². The van der Waals surface area contributed by atoms with Gasteiger partial charge in [-0.15, -0.1) is 10.2 Å². The van der Waals surface area contributed by atoms with Gasteiger partial charge in [-0.05, 0) is 31.0 Å². The molecule has 1 aliphatic heterocycles. The van der Waals surface area contributed by atoms with Crippen LogP contribution >= 0.6 is 11.8 Å². The van der Waals surface area contributed by atoms with Crippen molar-refractivity contribution < 1.29 is 0 Å². The molecule has 112 valence electrons. The predicted molar refractivity (Wildman–Crippen MR) is 82.5 cm³/mol. The molecule has 7 heteroatoms. The summed E-state index contributed by atoms with van der Waals surface area (Å²) in [7, 11) is 0. The molecule has 6 nitrogen and oxygen atoms in total. The lowest BCUT2D eigenvalue weighted by Gasteiger charge is -2.07. The summed E-state index contributed by atoms with van der Waals surface area (Å²) in [5.74, 6) is 1.97. The minimum Gasteiger partial charge on any atom is -0.370 e. The normalized spacial score (nSPS) is 14.5. The number of fused-ring (bicyclic) bond motifs is 1. The molecule has 0 saturated carbocycles.